The van der Waals surface area contributed by atoms with E-state index in [4.69, 9.17) is 27.9 Å². The number of halogens is 2. The lowest BCUT2D eigenvalue weighted by Gasteiger charge is -2.12. The maximum absolute atomic E-state index is 9.74. The van der Waals surface area contributed by atoms with Gasteiger partial charge in [-0.05, 0) is 25.0 Å². The molecule has 2 rings (SSSR count). The van der Waals surface area contributed by atoms with Crippen LogP contribution in [0.4, 0.5) is 5.69 Å². The maximum Gasteiger partial charge on any atom is 0.322 e. The van der Waals surface area contributed by atoms with Crippen LogP contribution in [0.1, 0.15) is 32.4 Å². The Morgan fingerprint density at radius 1 is 1.27 bits per heavy atom. The van der Waals surface area contributed by atoms with Crippen LogP contribution in [0.3, 0.4) is 0 Å². The van der Waals surface area contributed by atoms with Gasteiger partial charge in [-0.25, -0.2) is 0 Å². The fourth-order valence-electron chi connectivity index (χ4n) is 1.90. The van der Waals surface area contributed by atoms with Crippen molar-refractivity contribution in [2.75, 3.05) is 11.9 Å². The lowest BCUT2D eigenvalue weighted by molar-refractivity contribution is 0.417. The van der Waals surface area contributed by atoms with Crippen LogP contribution in [0.5, 0.6) is 17.5 Å². The van der Waals surface area contributed by atoms with Crippen LogP contribution >= 0.6 is 23.2 Å². The second-order valence-corrected chi connectivity index (χ2v) is 5.79. The number of rotatable bonds is 5. The van der Waals surface area contributed by atoms with Gasteiger partial charge in [-0.1, -0.05) is 37.0 Å². The summed E-state index contributed by atoms with van der Waals surface area (Å²) in [7, 11) is 0. The van der Waals surface area contributed by atoms with Crippen molar-refractivity contribution >= 4 is 28.9 Å². The molecule has 2 N–H and O–H groups in total. The number of aromatic nitrogens is 2. The molecule has 5 nitrogen and oxygen atoms in total. The minimum absolute atomic E-state index is 0.0297. The van der Waals surface area contributed by atoms with E-state index >= 15 is 0 Å². The summed E-state index contributed by atoms with van der Waals surface area (Å²) in [6.45, 7) is 6.56. The summed E-state index contributed by atoms with van der Waals surface area (Å²) in [4.78, 5) is 8.13. The van der Waals surface area contributed by atoms with Crippen molar-refractivity contribution in [2.45, 2.75) is 26.7 Å². The van der Waals surface area contributed by atoms with Crippen molar-refractivity contribution in [3.8, 4) is 17.5 Å². The highest BCUT2D eigenvalue weighted by Gasteiger charge is 2.15. The second-order valence-electron chi connectivity index (χ2n) is 4.98. The zero-order chi connectivity index (χ0) is 16.3. The molecule has 118 valence electrons. The fourth-order valence-corrected chi connectivity index (χ4v) is 2.46. The van der Waals surface area contributed by atoms with Gasteiger partial charge in [0.1, 0.15) is 0 Å². The molecule has 0 fully saturated rings. The Kier molecular flexibility index (Phi) is 5.32. The van der Waals surface area contributed by atoms with Crippen molar-refractivity contribution in [3.63, 3.8) is 0 Å². The molecule has 0 spiro atoms. The average molecular weight is 342 g/mol. The highest BCUT2D eigenvalue weighted by atomic mass is 35.5. The van der Waals surface area contributed by atoms with Gasteiger partial charge in [-0.15, -0.1) is 0 Å². The number of benzene rings is 1. The monoisotopic (exact) mass is 341 g/mol. The Morgan fingerprint density at radius 2 is 1.91 bits per heavy atom. The molecule has 0 saturated heterocycles. The maximum atomic E-state index is 9.74. The zero-order valence-electron chi connectivity index (χ0n) is 12.5. The van der Waals surface area contributed by atoms with Crippen LogP contribution in [0, 0.1) is 0 Å². The number of anilines is 1. The Bertz CT molecular complexity index is 655. The van der Waals surface area contributed by atoms with E-state index in [1.807, 2.05) is 20.8 Å². The van der Waals surface area contributed by atoms with Crippen molar-refractivity contribution in [2.24, 2.45) is 0 Å². The van der Waals surface area contributed by atoms with Crippen molar-refractivity contribution < 1.29 is 9.84 Å². The molecule has 0 aliphatic rings. The Balaban J connectivity index is 2.33. The van der Waals surface area contributed by atoms with E-state index in [0.717, 1.165) is 12.2 Å². The first-order chi connectivity index (χ1) is 10.4. The Hall–Kier alpha value is -1.72. The molecule has 22 heavy (non-hydrogen) atoms. The predicted octanol–water partition coefficient (Wildman–Crippen LogP) is 4.84. The molecule has 1 aromatic heterocycles. The van der Waals surface area contributed by atoms with Crippen molar-refractivity contribution in [1.29, 1.82) is 0 Å². The molecule has 0 unspecified atom stereocenters. The summed E-state index contributed by atoms with van der Waals surface area (Å²) in [6, 6.07) is 3.52. The first-order valence-electron chi connectivity index (χ1n) is 6.89. The highest BCUT2D eigenvalue weighted by Crippen LogP contribution is 2.38. The van der Waals surface area contributed by atoms with Gasteiger partial charge >= 0.3 is 6.01 Å². The minimum atomic E-state index is 0.0297. The molecule has 2 aromatic rings. The van der Waals surface area contributed by atoms with Crippen LogP contribution in [-0.2, 0) is 0 Å². The van der Waals surface area contributed by atoms with Gasteiger partial charge in [0.05, 0.1) is 21.9 Å². The summed E-state index contributed by atoms with van der Waals surface area (Å²) in [6.07, 6.45) is 1.30. The molecular weight excluding hydrogens is 325 g/mol. The largest absolute Gasteiger partial charge is 0.504 e. The Morgan fingerprint density at radius 3 is 2.45 bits per heavy atom. The van der Waals surface area contributed by atoms with Gasteiger partial charge in [0.15, 0.2) is 11.5 Å². The molecule has 0 aliphatic carbocycles. The van der Waals surface area contributed by atoms with E-state index in [1.54, 1.807) is 12.1 Å². The second kappa shape index (κ2) is 7.03. The normalized spacial score (nSPS) is 10.8. The van der Waals surface area contributed by atoms with E-state index in [0.29, 0.717) is 15.7 Å². The van der Waals surface area contributed by atoms with E-state index in [9.17, 15) is 5.11 Å². The first-order valence-corrected chi connectivity index (χ1v) is 7.64. The number of aromatic hydroxyl groups is 1. The molecule has 0 amide bonds. The number of ether oxygens (including phenoxy) is 1. The summed E-state index contributed by atoms with van der Waals surface area (Å²) in [5.41, 5.74) is 1.31. The third-order valence-electron chi connectivity index (χ3n) is 2.90. The topological polar surface area (TPSA) is 67.3 Å². The van der Waals surface area contributed by atoms with Gasteiger partial charge in [0, 0.05) is 12.2 Å². The highest BCUT2D eigenvalue weighted by molar-refractivity contribution is 6.37. The molecule has 1 aromatic carbocycles. The van der Waals surface area contributed by atoms with Gasteiger partial charge in [-0.3, -0.25) is 0 Å². The van der Waals surface area contributed by atoms with Crippen LogP contribution in [-0.4, -0.2) is 21.6 Å². The first kappa shape index (κ1) is 16.6. The standard InChI is InChI=1S/C15H17Cl2N3O2/c1-4-18-9-5-10(16)14(11(17)6-9)22-15-19-7-12(21)13(20-15)8(2)3/h5-8,18,21H,4H2,1-3H3. The lowest BCUT2D eigenvalue weighted by Crippen LogP contribution is -2.00. The van der Waals surface area contributed by atoms with Crippen molar-refractivity contribution in [3.05, 3.63) is 34.1 Å². The van der Waals surface area contributed by atoms with Crippen LogP contribution in [0.2, 0.25) is 10.0 Å². The molecule has 0 saturated carbocycles. The summed E-state index contributed by atoms with van der Waals surface area (Å²) >= 11 is 12.4. The fraction of sp³-hybridized carbons (Fsp3) is 0.333. The van der Waals surface area contributed by atoms with Crippen LogP contribution in [0.25, 0.3) is 0 Å². The number of nitrogens with zero attached hydrogens (tertiary/aromatic N) is 2. The molecule has 1 heterocycles. The molecule has 0 aliphatic heterocycles. The van der Waals surface area contributed by atoms with E-state index in [2.05, 4.69) is 15.3 Å². The van der Waals surface area contributed by atoms with E-state index in [1.165, 1.54) is 6.20 Å². The third kappa shape index (κ3) is 3.72. The molecule has 7 heteroatoms. The Labute approximate surface area is 139 Å². The molecule has 0 bridgehead atoms. The smallest absolute Gasteiger partial charge is 0.322 e. The summed E-state index contributed by atoms with van der Waals surface area (Å²) in [5, 5.41) is 13.6. The van der Waals surface area contributed by atoms with Gasteiger partial charge in [-0.2, -0.15) is 9.97 Å². The summed E-state index contributed by atoms with van der Waals surface area (Å²) < 4.78 is 5.59. The van der Waals surface area contributed by atoms with E-state index < -0.39 is 0 Å². The van der Waals surface area contributed by atoms with Crippen LogP contribution < -0.4 is 10.1 Å². The molecule has 0 radical (unpaired) electrons. The third-order valence-corrected chi connectivity index (χ3v) is 3.46. The van der Waals surface area contributed by atoms with Gasteiger partial charge in [0.2, 0.25) is 0 Å². The SMILES string of the molecule is CCNc1cc(Cl)c(Oc2ncc(O)c(C(C)C)n2)c(Cl)c1. The average Bonchev–Trinajstić information content (AvgIpc) is 2.44. The summed E-state index contributed by atoms with van der Waals surface area (Å²) in [5.74, 6) is 0.347. The van der Waals surface area contributed by atoms with Crippen LogP contribution in [0.15, 0.2) is 18.3 Å². The van der Waals surface area contributed by atoms with Gasteiger partial charge in [0.25, 0.3) is 0 Å². The van der Waals surface area contributed by atoms with Gasteiger partial charge < -0.3 is 15.2 Å². The van der Waals surface area contributed by atoms with Crippen molar-refractivity contribution in [1.82, 2.24) is 9.97 Å². The number of nitrogens with one attached hydrogen (secondary N) is 1. The van der Waals surface area contributed by atoms with E-state index in [-0.39, 0.29) is 23.4 Å². The predicted molar refractivity (Wildman–Crippen MR) is 88.5 cm³/mol. The number of hydrogen-bond donors (Lipinski definition) is 2. The molecule has 0 atom stereocenters. The quantitative estimate of drug-likeness (QED) is 0.814. The lowest BCUT2D eigenvalue weighted by atomic mass is 10.1. The minimum Gasteiger partial charge on any atom is -0.504 e. The molecular formula is C15H17Cl2N3O2. The number of hydrogen-bond acceptors (Lipinski definition) is 5. The zero-order valence-corrected chi connectivity index (χ0v) is 14.0.